The summed E-state index contributed by atoms with van der Waals surface area (Å²) in [7, 11) is 0.164. The van der Waals surface area contributed by atoms with Gasteiger partial charge in [0.1, 0.15) is 4.21 Å². The van der Waals surface area contributed by atoms with Gasteiger partial charge in [0.25, 0.3) is 0 Å². The third kappa shape index (κ3) is 4.61. The molecule has 0 saturated heterocycles. The molecule has 2 aromatic rings. The summed E-state index contributed by atoms with van der Waals surface area (Å²) in [4.78, 5) is 12.9. The summed E-state index contributed by atoms with van der Waals surface area (Å²) in [6.07, 6.45) is 0. The average Bonchev–Trinajstić information content (AvgIpc) is 2.97. The molecule has 0 amide bonds. The van der Waals surface area contributed by atoms with Crippen LogP contribution in [0.15, 0.2) is 39.9 Å². The third-order valence-corrected chi connectivity index (χ3v) is 5.99. The Labute approximate surface area is 139 Å². The summed E-state index contributed by atoms with van der Waals surface area (Å²) in [5.41, 5.74) is 1.90. The fourth-order valence-corrected chi connectivity index (χ4v) is 4.24. The van der Waals surface area contributed by atoms with Crippen molar-refractivity contribution in [2.45, 2.75) is 17.3 Å². The lowest BCUT2D eigenvalue weighted by molar-refractivity contribution is 0.0697. The van der Waals surface area contributed by atoms with E-state index in [0.29, 0.717) is 6.54 Å². The fraction of sp³-hybridized carbons (Fsp3) is 0.267. The minimum Gasteiger partial charge on any atom is -0.478 e. The average molecular weight is 354 g/mol. The van der Waals surface area contributed by atoms with Crippen molar-refractivity contribution in [3.05, 3.63) is 52.4 Å². The normalized spacial score (nSPS) is 11.8. The van der Waals surface area contributed by atoms with Gasteiger partial charge in [0, 0.05) is 18.5 Å². The van der Waals surface area contributed by atoms with Crippen LogP contribution >= 0.6 is 11.3 Å². The van der Waals surface area contributed by atoms with Crippen LogP contribution < -0.4 is 4.72 Å². The van der Waals surface area contributed by atoms with Crippen molar-refractivity contribution < 1.29 is 18.3 Å². The van der Waals surface area contributed by atoms with E-state index < -0.39 is 16.0 Å². The van der Waals surface area contributed by atoms with E-state index in [9.17, 15) is 13.2 Å². The Morgan fingerprint density at radius 1 is 1.26 bits per heavy atom. The molecule has 0 saturated carbocycles. The second kappa shape index (κ2) is 7.22. The number of rotatable bonds is 7. The van der Waals surface area contributed by atoms with E-state index >= 15 is 0 Å². The molecule has 0 bridgehead atoms. The number of carboxylic acids is 1. The first-order valence-corrected chi connectivity index (χ1v) is 9.19. The zero-order valence-corrected chi connectivity index (χ0v) is 14.4. The molecule has 6 nitrogen and oxygen atoms in total. The van der Waals surface area contributed by atoms with E-state index in [1.54, 1.807) is 0 Å². The van der Waals surface area contributed by atoms with Gasteiger partial charge in [0.05, 0.1) is 5.56 Å². The Hall–Kier alpha value is -1.74. The minimum atomic E-state index is -3.72. The van der Waals surface area contributed by atoms with Crippen molar-refractivity contribution in [3.63, 3.8) is 0 Å². The largest absolute Gasteiger partial charge is 0.478 e. The van der Waals surface area contributed by atoms with E-state index in [0.717, 1.165) is 22.5 Å². The molecule has 0 atom stereocenters. The van der Waals surface area contributed by atoms with Crippen LogP contribution in [0.3, 0.4) is 0 Å². The molecule has 0 fully saturated rings. The molecular weight excluding hydrogens is 336 g/mol. The molecule has 0 aliphatic rings. The predicted molar refractivity (Wildman–Crippen MR) is 89.1 cm³/mol. The summed E-state index contributed by atoms with van der Waals surface area (Å²) in [5.74, 6) is -1.14. The molecule has 2 rings (SSSR count). The smallest absolute Gasteiger partial charge is 0.336 e. The number of benzene rings is 1. The van der Waals surface area contributed by atoms with Gasteiger partial charge in [0.2, 0.25) is 10.0 Å². The van der Waals surface area contributed by atoms with Gasteiger partial charge in [-0.25, -0.2) is 17.9 Å². The number of hydrogen-bond acceptors (Lipinski definition) is 5. The van der Waals surface area contributed by atoms with Crippen molar-refractivity contribution in [1.29, 1.82) is 0 Å². The van der Waals surface area contributed by atoms with Gasteiger partial charge in [-0.05, 0) is 31.3 Å². The van der Waals surface area contributed by atoms with Crippen molar-refractivity contribution in [2.75, 3.05) is 14.1 Å². The summed E-state index contributed by atoms with van der Waals surface area (Å²) >= 11 is 0.895. The standard InChI is InChI=1S/C15H18N2O4S2/c1-17(2)9-12-6-4-3-5-11(12)8-16-23(20,21)14-7-13(10-22-14)15(18)19/h3-7,10,16H,8-9H2,1-2H3,(H,18,19). The number of hydrogen-bond donors (Lipinski definition) is 2. The van der Waals surface area contributed by atoms with Gasteiger partial charge in [-0.3, -0.25) is 0 Å². The molecule has 0 aliphatic carbocycles. The highest BCUT2D eigenvalue weighted by Gasteiger charge is 2.19. The van der Waals surface area contributed by atoms with Crippen LogP contribution in [0.25, 0.3) is 0 Å². The molecule has 0 unspecified atom stereocenters. The number of nitrogens with one attached hydrogen (secondary N) is 1. The topological polar surface area (TPSA) is 86.7 Å². The highest BCUT2D eigenvalue weighted by Crippen LogP contribution is 2.21. The van der Waals surface area contributed by atoms with Gasteiger partial charge >= 0.3 is 5.97 Å². The Bertz CT molecular complexity index is 797. The van der Waals surface area contributed by atoms with Gasteiger partial charge in [-0.2, -0.15) is 0 Å². The van der Waals surface area contributed by atoms with Crippen molar-refractivity contribution in [3.8, 4) is 0 Å². The zero-order chi connectivity index (χ0) is 17.0. The molecule has 0 spiro atoms. The first-order valence-electron chi connectivity index (χ1n) is 6.82. The highest BCUT2D eigenvalue weighted by atomic mass is 32.2. The second-order valence-corrected chi connectivity index (χ2v) is 8.20. The number of sulfonamides is 1. The van der Waals surface area contributed by atoms with Gasteiger partial charge in [-0.1, -0.05) is 24.3 Å². The first-order chi connectivity index (χ1) is 10.8. The maximum Gasteiger partial charge on any atom is 0.336 e. The Morgan fingerprint density at radius 2 is 1.91 bits per heavy atom. The molecule has 8 heteroatoms. The number of carbonyl (C=O) groups is 1. The lowest BCUT2D eigenvalue weighted by atomic mass is 10.1. The van der Waals surface area contributed by atoms with Crippen LogP contribution in [-0.2, 0) is 23.1 Å². The lowest BCUT2D eigenvalue weighted by Crippen LogP contribution is -2.23. The summed E-state index contributed by atoms with van der Waals surface area (Å²) in [5, 5.41) is 10.2. The molecule has 0 radical (unpaired) electrons. The number of thiophene rings is 1. The molecule has 1 aromatic heterocycles. The van der Waals surface area contributed by atoms with E-state index in [1.807, 2.05) is 43.3 Å². The van der Waals surface area contributed by atoms with Gasteiger partial charge < -0.3 is 10.0 Å². The minimum absolute atomic E-state index is 0.00000861. The summed E-state index contributed by atoms with van der Waals surface area (Å²) in [6.45, 7) is 0.868. The van der Waals surface area contributed by atoms with Crippen LogP contribution in [-0.4, -0.2) is 38.5 Å². The van der Waals surface area contributed by atoms with Crippen molar-refractivity contribution >= 4 is 27.3 Å². The molecule has 2 N–H and O–H groups in total. The molecule has 1 aromatic carbocycles. The zero-order valence-electron chi connectivity index (χ0n) is 12.8. The van der Waals surface area contributed by atoms with Crippen molar-refractivity contribution in [2.24, 2.45) is 0 Å². The van der Waals surface area contributed by atoms with Crippen LogP contribution in [0.4, 0.5) is 0 Å². The van der Waals surface area contributed by atoms with E-state index in [2.05, 4.69) is 4.72 Å². The SMILES string of the molecule is CN(C)Cc1ccccc1CNS(=O)(=O)c1cc(C(=O)O)cs1. The molecular formula is C15H18N2O4S2. The third-order valence-electron chi connectivity index (χ3n) is 3.14. The quantitative estimate of drug-likeness (QED) is 0.794. The number of nitrogens with zero attached hydrogens (tertiary/aromatic N) is 1. The number of carboxylic acid groups (broad SMARTS) is 1. The van der Waals surface area contributed by atoms with Crippen LogP contribution in [0.2, 0.25) is 0 Å². The lowest BCUT2D eigenvalue weighted by Gasteiger charge is -2.14. The molecule has 23 heavy (non-hydrogen) atoms. The van der Waals surface area contributed by atoms with E-state index in [1.165, 1.54) is 11.4 Å². The first kappa shape index (κ1) is 17.6. The monoisotopic (exact) mass is 354 g/mol. The molecule has 124 valence electrons. The molecule has 0 aliphatic heterocycles. The van der Waals surface area contributed by atoms with Gasteiger partial charge in [0.15, 0.2) is 0 Å². The fourth-order valence-electron chi connectivity index (χ4n) is 2.04. The Kier molecular flexibility index (Phi) is 5.53. The van der Waals surface area contributed by atoms with Crippen LogP contribution in [0.5, 0.6) is 0 Å². The maximum absolute atomic E-state index is 12.3. The Morgan fingerprint density at radius 3 is 2.48 bits per heavy atom. The summed E-state index contributed by atoms with van der Waals surface area (Å²) in [6, 6.07) is 8.77. The van der Waals surface area contributed by atoms with Crippen LogP contribution in [0.1, 0.15) is 21.5 Å². The van der Waals surface area contributed by atoms with Gasteiger partial charge in [-0.15, -0.1) is 11.3 Å². The summed E-state index contributed by atoms with van der Waals surface area (Å²) < 4.78 is 27.1. The Balaban J connectivity index is 2.14. The van der Waals surface area contributed by atoms with E-state index in [-0.39, 0.29) is 16.3 Å². The second-order valence-electron chi connectivity index (χ2n) is 5.29. The van der Waals surface area contributed by atoms with Crippen molar-refractivity contribution in [1.82, 2.24) is 9.62 Å². The number of aromatic carboxylic acids is 1. The van der Waals surface area contributed by atoms with E-state index in [4.69, 9.17) is 5.11 Å². The molecule has 1 heterocycles. The predicted octanol–water partition coefficient (Wildman–Crippen LogP) is 1.99. The maximum atomic E-state index is 12.3. The van der Waals surface area contributed by atoms with Crippen LogP contribution in [0, 0.1) is 0 Å². The highest BCUT2D eigenvalue weighted by molar-refractivity contribution is 7.91.